The first-order chi connectivity index (χ1) is 13.4. The van der Waals surface area contributed by atoms with Gasteiger partial charge < -0.3 is 25.6 Å². The van der Waals surface area contributed by atoms with Crippen LogP contribution in [0.2, 0.25) is 0 Å². The summed E-state index contributed by atoms with van der Waals surface area (Å²) in [5.74, 6) is -4.76. The van der Waals surface area contributed by atoms with Crippen LogP contribution in [0.4, 0.5) is 5.00 Å². The Labute approximate surface area is 162 Å². The van der Waals surface area contributed by atoms with Crippen LogP contribution in [-0.4, -0.2) is 40.1 Å². The molecule has 2 aromatic rings. The maximum Gasteiger partial charge on any atom is 0.394 e. The van der Waals surface area contributed by atoms with E-state index in [1.165, 1.54) is 0 Å². The van der Waals surface area contributed by atoms with E-state index in [1.54, 1.807) is 0 Å². The number of ether oxygens (including phenoxy) is 1. The van der Waals surface area contributed by atoms with Crippen LogP contribution in [0.25, 0.3) is 0 Å². The Morgan fingerprint density at radius 1 is 1.14 bits per heavy atom. The highest BCUT2D eigenvalue weighted by Gasteiger charge is 2.33. The molecule has 0 radical (unpaired) electrons. The number of carboxylic acid groups (broad SMARTS) is 2. The number of aliphatic carboxylic acids is 1. The van der Waals surface area contributed by atoms with Gasteiger partial charge in [-0.2, -0.15) is 0 Å². The first kappa shape index (κ1) is 19.5. The summed E-state index contributed by atoms with van der Waals surface area (Å²) in [7, 11) is 0. The molecule has 0 fully saturated rings. The molecule has 146 valence electrons. The van der Waals surface area contributed by atoms with Crippen molar-refractivity contribution in [1.29, 1.82) is 0 Å². The van der Waals surface area contributed by atoms with Gasteiger partial charge in [0.05, 0.1) is 12.2 Å². The number of anilines is 1. The van der Waals surface area contributed by atoms with Gasteiger partial charge in [-0.1, -0.05) is 30.3 Å². The lowest BCUT2D eigenvalue weighted by Gasteiger charge is -2.22. The number of amides is 2. The zero-order chi connectivity index (χ0) is 20.3. The third kappa shape index (κ3) is 4.18. The average Bonchev–Trinajstić information content (AvgIpc) is 3.03. The summed E-state index contributed by atoms with van der Waals surface area (Å²) in [6, 6.07) is 9.28. The molecule has 3 rings (SSSR count). The molecule has 2 amide bonds. The van der Waals surface area contributed by atoms with Crippen molar-refractivity contribution in [1.82, 2.24) is 5.32 Å². The summed E-state index contributed by atoms with van der Waals surface area (Å²) in [6.07, 6.45) is -0.872. The van der Waals surface area contributed by atoms with Gasteiger partial charge in [0.1, 0.15) is 11.1 Å². The van der Waals surface area contributed by atoms with Crippen molar-refractivity contribution in [3.63, 3.8) is 0 Å². The van der Waals surface area contributed by atoms with Crippen molar-refractivity contribution in [2.24, 2.45) is 0 Å². The molecule has 4 N–H and O–H groups in total. The lowest BCUT2D eigenvalue weighted by molar-refractivity contribution is -0.147. The van der Waals surface area contributed by atoms with Gasteiger partial charge in [-0.15, -0.1) is 11.3 Å². The number of hydrogen-bond acceptors (Lipinski definition) is 6. The molecule has 1 aliphatic heterocycles. The first-order valence-corrected chi connectivity index (χ1v) is 9.03. The normalized spacial score (nSPS) is 15.4. The van der Waals surface area contributed by atoms with Crippen molar-refractivity contribution in [3.05, 3.63) is 51.9 Å². The van der Waals surface area contributed by atoms with Crippen LogP contribution in [-0.2, 0) is 38.7 Å². The monoisotopic (exact) mass is 404 g/mol. The molecular formula is C18H16N2O7S. The molecule has 1 unspecified atom stereocenters. The number of carbonyl (C=O) groups excluding carboxylic acids is 2. The molecule has 28 heavy (non-hydrogen) atoms. The third-order valence-corrected chi connectivity index (χ3v) is 5.25. The molecule has 0 saturated carbocycles. The second kappa shape index (κ2) is 8.19. The minimum absolute atomic E-state index is 0.00730. The fourth-order valence-electron chi connectivity index (χ4n) is 2.80. The quantitative estimate of drug-likeness (QED) is 0.549. The average molecular weight is 404 g/mol. The van der Waals surface area contributed by atoms with E-state index in [1.807, 2.05) is 30.3 Å². The molecular weight excluding hydrogens is 388 g/mol. The predicted octanol–water partition coefficient (Wildman–Crippen LogP) is 1.23. The molecule has 1 aromatic carbocycles. The molecule has 2 heterocycles. The number of carboxylic acids is 2. The SMILES string of the molecule is O=C(O)C(=O)Nc1sc2c(c1C(=O)O)CC(C(=O)NCc1ccccc1)OC2. The summed E-state index contributed by atoms with van der Waals surface area (Å²) >= 11 is 0.927. The molecule has 1 aromatic heterocycles. The molecule has 9 nitrogen and oxygen atoms in total. The lowest BCUT2D eigenvalue weighted by Crippen LogP contribution is -2.39. The number of thiophene rings is 1. The second-order valence-electron chi connectivity index (χ2n) is 5.98. The van der Waals surface area contributed by atoms with E-state index in [9.17, 15) is 24.3 Å². The molecule has 0 bridgehead atoms. The van der Waals surface area contributed by atoms with E-state index in [4.69, 9.17) is 9.84 Å². The number of rotatable bonds is 5. The second-order valence-corrected chi connectivity index (χ2v) is 7.08. The van der Waals surface area contributed by atoms with Crippen LogP contribution in [0.3, 0.4) is 0 Å². The fourth-order valence-corrected chi connectivity index (χ4v) is 3.94. The standard InChI is InChI=1S/C18H16N2O7S/c21-14(19-7-9-4-2-1-3-5-9)11-6-10-12(8-27-11)28-16(13(10)17(23)24)20-15(22)18(25)26/h1-5,11H,6-8H2,(H,19,21)(H,20,22)(H,23,24)(H,25,26). The summed E-state index contributed by atoms with van der Waals surface area (Å²) in [4.78, 5) is 46.7. The number of benzene rings is 1. The number of nitrogens with one attached hydrogen (secondary N) is 2. The topological polar surface area (TPSA) is 142 Å². The van der Waals surface area contributed by atoms with E-state index in [2.05, 4.69) is 10.6 Å². The van der Waals surface area contributed by atoms with Crippen molar-refractivity contribution >= 4 is 40.1 Å². The van der Waals surface area contributed by atoms with Crippen LogP contribution in [0.15, 0.2) is 30.3 Å². The van der Waals surface area contributed by atoms with Crippen molar-refractivity contribution < 1.29 is 34.1 Å². The highest BCUT2D eigenvalue weighted by molar-refractivity contribution is 7.17. The van der Waals surface area contributed by atoms with Gasteiger partial charge in [-0.25, -0.2) is 9.59 Å². The Morgan fingerprint density at radius 3 is 2.50 bits per heavy atom. The maximum absolute atomic E-state index is 12.4. The maximum atomic E-state index is 12.4. The van der Waals surface area contributed by atoms with Crippen LogP contribution in [0, 0.1) is 0 Å². The van der Waals surface area contributed by atoms with Crippen molar-refractivity contribution in [2.75, 3.05) is 5.32 Å². The largest absolute Gasteiger partial charge is 0.478 e. The molecule has 0 spiro atoms. The number of aromatic carboxylic acids is 1. The van der Waals surface area contributed by atoms with Gasteiger partial charge in [-0.3, -0.25) is 9.59 Å². The summed E-state index contributed by atoms with van der Waals surface area (Å²) in [5.41, 5.74) is 1.07. The van der Waals surface area contributed by atoms with Gasteiger partial charge >= 0.3 is 17.8 Å². The number of fused-ring (bicyclic) bond motifs is 1. The minimum Gasteiger partial charge on any atom is -0.478 e. The van der Waals surface area contributed by atoms with E-state index < -0.39 is 23.9 Å². The van der Waals surface area contributed by atoms with Crippen molar-refractivity contribution in [2.45, 2.75) is 25.7 Å². The van der Waals surface area contributed by atoms with Crippen LogP contribution in [0.5, 0.6) is 0 Å². The molecule has 1 atom stereocenters. The number of carbonyl (C=O) groups is 4. The van der Waals surface area contributed by atoms with Crippen LogP contribution >= 0.6 is 11.3 Å². The van der Waals surface area contributed by atoms with Gasteiger partial charge in [-0.05, 0) is 11.1 Å². The van der Waals surface area contributed by atoms with Crippen LogP contribution in [0.1, 0.15) is 26.4 Å². The zero-order valence-electron chi connectivity index (χ0n) is 14.4. The first-order valence-electron chi connectivity index (χ1n) is 8.22. The summed E-state index contributed by atoms with van der Waals surface area (Å²) in [5, 5.41) is 23.0. The van der Waals surface area contributed by atoms with Gasteiger partial charge in [0.25, 0.3) is 0 Å². The van der Waals surface area contributed by atoms with Gasteiger partial charge in [0, 0.05) is 17.8 Å². The summed E-state index contributed by atoms with van der Waals surface area (Å²) < 4.78 is 5.53. The smallest absolute Gasteiger partial charge is 0.394 e. The Morgan fingerprint density at radius 2 is 1.86 bits per heavy atom. The Kier molecular flexibility index (Phi) is 5.71. The minimum atomic E-state index is -1.72. The third-order valence-electron chi connectivity index (χ3n) is 4.13. The lowest BCUT2D eigenvalue weighted by atomic mass is 10.0. The highest BCUT2D eigenvalue weighted by atomic mass is 32.1. The van der Waals surface area contributed by atoms with E-state index >= 15 is 0 Å². The number of hydrogen-bond donors (Lipinski definition) is 4. The van der Waals surface area contributed by atoms with E-state index in [0.29, 0.717) is 17.0 Å². The van der Waals surface area contributed by atoms with Crippen molar-refractivity contribution in [3.8, 4) is 0 Å². The molecule has 0 aliphatic carbocycles. The Bertz CT molecular complexity index is 939. The zero-order valence-corrected chi connectivity index (χ0v) is 15.2. The van der Waals surface area contributed by atoms with E-state index in [0.717, 1.165) is 16.9 Å². The summed E-state index contributed by atoms with van der Waals surface area (Å²) in [6.45, 7) is 0.300. The van der Waals surface area contributed by atoms with Crippen LogP contribution < -0.4 is 10.6 Å². The molecule has 1 aliphatic rings. The fraction of sp³-hybridized carbons (Fsp3) is 0.222. The van der Waals surface area contributed by atoms with E-state index in [-0.39, 0.29) is 29.5 Å². The Balaban J connectivity index is 1.75. The predicted molar refractivity (Wildman–Crippen MR) is 98.1 cm³/mol. The molecule has 10 heteroatoms. The van der Waals surface area contributed by atoms with Gasteiger partial charge in [0.2, 0.25) is 5.91 Å². The van der Waals surface area contributed by atoms with Gasteiger partial charge in [0.15, 0.2) is 0 Å². The highest BCUT2D eigenvalue weighted by Crippen LogP contribution is 2.38. The Hall–Kier alpha value is -3.24. The molecule has 0 saturated heterocycles.